The Bertz CT molecular complexity index is 613. The summed E-state index contributed by atoms with van der Waals surface area (Å²) in [5.74, 6) is 1.05. The molecule has 4 N–H and O–H groups in total. The van der Waals surface area contributed by atoms with Gasteiger partial charge in [-0.1, -0.05) is 0 Å². The van der Waals surface area contributed by atoms with Crippen molar-refractivity contribution >= 4 is 43.7 Å². The third-order valence-corrected chi connectivity index (χ3v) is 4.55. The highest BCUT2D eigenvalue weighted by molar-refractivity contribution is 9.13. The van der Waals surface area contributed by atoms with E-state index in [0.29, 0.717) is 24.8 Å². The fraction of sp³-hybridized carbons (Fsp3) is 0.273. The summed E-state index contributed by atoms with van der Waals surface area (Å²) < 4.78 is 7.63. The second-order valence-corrected chi connectivity index (χ2v) is 5.88. The molecule has 1 atom stereocenters. The Morgan fingerprint density at radius 3 is 2.89 bits per heavy atom. The summed E-state index contributed by atoms with van der Waals surface area (Å²) >= 11 is 6.81. The number of aromatic amines is 2. The summed E-state index contributed by atoms with van der Waals surface area (Å²) in [5, 5.41) is 0. The second-order valence-electron chi connectivity index (χ2n) is 4.23. The first-order chi connectivity index (χ1) is 9.11. The Hall–Kier alpha value is -1.28. The molecule has 2 aromatic heterocycles. The Morgan fingerprint density at radius 1 is 1.42 bits per heavy atom. The average molecular weight is 389 g/mol. The fourth-order valence-electron chi connectivity index (χ4n) is 1.92. The first-order valence-electron chi connectivity index (χ1n) is 5.66. The van der Waals surface area contributed by atoms with Crippen molar-refractivity contribution < 1.29 is 4.74 Å². The summed E-state index contributed by atoms with van der Waals surface area (Å²) in [6.45, 7) is 0.627. The number of ether oxygens (including phenoxy) is 1. The molecule has 0 saturated heterocycles. The van der Waals surface area contributed by atoms with Crippen molar-refractivity contribution in [3.8, 4) is 0 Å². The molecule has 19 heavy (non-hydrogen) atoms. The van der Waals surface area contributed by atoms with Crippen molar-refractivity contribution in [2.75, 3.05) is 12.3 Å². The molecule has 1 aliphatic rings. The van der Waals surface area contributed by atoms with Crippen LogP contribution in [0.25, 0.3) is 0 Å². The van der Waals surface area contributed by atoms with Crippen LogP contribution in [0, 0.1) is 0 Å². The highest BCUT2D eigenvalue weighted by Gasteiger charge is 2.23. The maximum atomic E-state index is 5.82. The summed E-state index contributed by atoms with van der Waals surface area (Å²) in [4.78, 5) is 14.5. The highest BCUT2D eigenvalue weighted by atomic mass is 79.9. The van der Waals surface area contributed by atoms with Crippen LogP contribution in [0.4, 0.5) is 5.95 Å². The van der Waals surface area contributed by atoms with Crippen LogP contribution >= 0.6 is 31.9 Å². The normalized spacial score (nSPS) is 18.4. The SMILES string of the molecule is Nc1ncc(C[C@H]2CN=C(c3cc(Br)c(Br)[nH]3)O2)[nH]1. The van der Waals surface area contributed by atoms with Gasteiger partial charge >= 0.3 is 0 Å². The van der Waals surface area contributed by atoms with E-state index in [1.165, 1.54) is 0 Å². The molecular formula is C11H11Br2N5O. The zero-order valence-corrected chi connectivity index (χ0v) is 13.0. The smallest absolute Gasteiger partial charge is 0.233 e. The standard InChI is InChI=1S/C11H11Br2N5O/c12-7-2-8(18-9(7)13)10-15-4-6(19-10)1-5-3-16-11(14)17-5/h2-3,6,18H,1,4H2,(H3,14,16,17)/t6-/m0/s1. The van der Waals surface area contributed by atoms with Gasteiger partial charge in [0.2, 0.25) is 5.90 Å². The molecule has 100 valence electrons. The molecule has 2 aromatic rings. The number of H-pyrrole nitrogens is 2. The van der Waals surface area contributed by atoms with E-state index in [-0.39, 0.29) is 6.10 Å². The summed E-state index contributed by atoms with van der Waals surface area (Å²) in [5.41, 5.74) is 7.34. The van der Waals surface area contributed by atoms with Gasteiger partial charge in [-0.3, -0.25) is 0 Å². The first-order valence-corrected chi connectivity index (χ1v) is 7.25. The van der Waals surface area contributed by atoms with Gasteiger partial charge in [0.05, 0.1) is 21.8 Å². The van der Waals surface area contributed by atoms with E-state index in [2.05, 4.69) is 51.8 Å². The van der Waals surface area contributed by atoms with Crippen LogP contribution in [-0.2, 0) is 11.2 Å². The summed E-state index contributed by atoms with van der Waals surface area (Å²) in [6.07, 6.45) is 2.44. The largest absolute Gasteiger partial charge is 0.471 e. The van der Waals surface area contributed by atoms with Crippen molar-refractivity contribution in [1.29, 1.82) is 0 Å². The maximum Gasteiger partial charge on any atom is 0.233 e. The minimum atomic E-state index is 0.00991. The number of nitrogens with two attached hydrogens (primary N) is 1. The monoisotopic (exact) mass is 387 g/mol. The number of anilines is 1. The molecule has 0 aromatic carbocycles. The number of aromatic nitrogens is 3. The van der Waals surface area contributed by atoms with Crippen LogP contribution in [0.2, 0.25) is 0 Å². The average Bonchev–Trinajstić information content (AvgIpc) is 3.04. The van der Waals surface area contributed by atoms with Crippen molar-refractivity contribution in [2.24, 2.45) is 4.99 Å². The van der Waals surface area contributed by atoms with E-state index in [4.69, 9.17) is 10.5 Å². The van der Waals surface area contributed by atoms with Crippen LogP contribution < -0.4 is 5.73 Å². The fourth-order valence-corrected chi connectivity index (χ4v) is 2.57. The third-order valence-electron chi connectivity index (χ3n) is 2.77. The lowest BCUT2D eigenvalue weighted by Crippen LogP contribution is -2.17. The Morgan fingerprint density at radius 2 is 2.26 bits per heavy atom. The maximum absolute atomic E-state index is 5.82. The van der Waals surface area contributed by atoms with Gasteiger partial charge in [-0.15, -0.1) is 0 Å². The van der Waals surface area contributed by atoms with Crippen LogP contribution in [0.5, 0.6) is 0 Å². The Labute approximate surface area is 126 Å². The number of rotatable bonds is 3. The van der Waals surface area contributed by atoms with E-state index in [0.717, 1.165) is 20.5 Å². The van der Waals surface area contributed by atoms with E-state index >= 15 is 0 Å². The van der Waals surface area contributed by atoms with Crippen molar-refractivity contribution in [3.05, 3.63) is 32.7 Å². The van der Waals surface area contributed by atoms with Crippen molar-refractivity contribution in [1.82, 2.24) is 15.0 Å². The van der Waals surface area contributed by atoms with Gasteiger partial charge in [-0.25, -0.2) is 9.98 Å². The molecule has 3 heterocycles. The molecule has 0 aliphatic carbocycles. The predicted octanol–water partition coefficient (Wildman–Crippen LogP) is 2.23. The molecule has 0 saturated carbocycles. The number of hydrogen-bond acceptors (Lipinski definition) is 4. The van der Waals surface area contributed by atoms with Crippen LogP contribution in [0.3, 0.4) is 0 Å². The Kier molecular flexibility index (Phi) is 3.36. The van der Waals surface area contributed by atoms with Gasteiger partial charge in [0, 0.05) is 12.1 Å². The molecule has 0 unspecified atom stereocenters. The first kappa shape index (κ1) is 12.7. The van der Waals surface area contributed by atoms with Crippen molar-refractivity contribution in [3.63, 3.8) is 0 Å². The number of halogens is 2. The molecule has 8 heteroatoms. The zero-order valence-electron chi connectivity index (χ0n) is 9.78. The molecular weight excluding hydrogens is 378 g/mol. The predicted molar refractivity (Wildman–Crippen MR) is 79.2 cm³/mol. The summed E-state index contributed by atoms with van der Waals surface area (Å²) in [7, 11) is 0. The number of imidazole rings is 1. The summed E-state index contributed by atoms with van der Waals surface area (Å²) in [6, 6.07) is 1.93. The molecule has 0 bridgehead atoms. The highest BCUT2D eigenvalue weighted by Crippen LogP contribution is 2.25. The topological polar surface area (TPSA) is 92.1 Å². The number of hydrogen-bond donors (Lipinski definition) is 3. The number of nitrogens with one attached hydrogen (secondary N) is 2. The third kappa shape index (κ3) is 2.69. The minimum absolute atomic E-state index is 0.00991. The van der Waals surface area contributed by atoms with Gasteiger partial charge in [0.15, 0.2) is 5.95 Å². The minimum Gasteiger partial charge on any atom is -0.471 e. The van der Waals surface area contributed by atoms with E-state index in [1.54, 1.807) is 6.20 Å². The van der Waals surface area contributed by atoms with Crippen LogP contribution in [-0.4, -0.2) is 33.5 Å². The van der Waals surface area contributed by atoms with Crippen LogP contribution in [0.1, 0.15) is 11.4 Å². The van der Waals surface area contributed by atoms with Gasteiger partial charge < -0.3 is 20.4 Å². The lowest BCUT2D eigenvalue weighted by atomic mass is 10.2. The lowest BCUT2D eigenvalue weighted by Gasteiger charge is -2.09. The zero-order chi connectivity index (χ0) is 13.4. The van der Waals surface area contributed by atoms with Crippen molar-refractivity contribution in [2.45, 2.75) is 12.5 Å². The van der Waals surface area contributed by atoms with E-state index in [9.17, 15) is 0 Å². The van der Waals surface area contributed by atoms with Gasteiger partial charge in [-0.05, 0) is 37.9 Å². The molecule has 3 rings (SSSR count). The number of nitrogen functional groups attached to an aromatic ring is 1. The molecule has 0 amide bonds. The lowest BCUT2D eigenvalue weighted by molar-refractivity contribution is 0.223. The molecule has 1 aliphatic heterocycles. The van der Waals surface area contributed by atoms with E-state index < -0.39 is 0 Å². The van der Waals surface area contributed by atoms with Gasteiger partial charge in [-0.2, -0.15) is 0 Å². The van der Waals surface area contributed by atoms with Gasteiger partial charge in [0.25, 0.3) is 0 Å². The number of aliphatic imine (C=N–C) groups is 1. The molecule has 0 radical (unpaired) electrons. The molecule has 0 spiro atoms. The second kappa shape index (κ2) is 5.01. The molecule has 6 nitrogen and oxygen atoms in total. The van der Waals surface area contributed by atoms with E-state index in [1.807, 2.05) is 6.07 Å². The quantitative estimate of drug-likeness (QED) is 0.752. The number of nitrogens with zero attached hydrogens (tertiary/aromatic N) is 2. The molecule has 0 fully saturated rings. The van der Waals surface area contributed by atoms with Gasteiger partial charge in [0.1, 0.15) is 11.8 Å². The Balaban J connectivity index is 1.66. The van der Waals surface area contributed by atoms with Crippen LogP contribution in [0.15, 0.2) is 26.3 Å².